The second-order valence-corrected chi connectivity index (χ2v) is 6.70. The van der Waals surface area contributed by atoms with Crippen LogP contribution in [0.5, 0.6) is 11.5 Å². The van der Waals surface area contributed by atoms with Gasteiger partial charge in [-0.1, -0.05) is 6.92 Å². The van der Waals surface area contributed by atoms with Gasteiger partial charge in [0.15, 0.2) is 11.6 Å². The maximum atomic E-state index is 14.3. The molecule has 1 aliphatic rings. The maximum Gasteiger partial charge on any atom is 0.389 e. The number of rotatable bonds is 8. The van der Waals surface area contributed by atoms with E-state index in [1.807, 2.05) is 0 Å². The molecule has 1 fully saturated rings. The van der Waals surface area contributed by atoms with Gasteiger partial charge in [-0.25, -0.2) is 4.39 Å². The van der Waals surface area contributed by atoms with Gasteiger partial charge in [-0.3, -0.25) is 4.79 Å². The van der Waals surface area contributed by atoms with Crippen LogP contribution in [0.3, 0.4) is 0 Å². The van der Waals surface area contributed by atoms with Crippen LogP contribution >= 0.6 is 0 Å². The number of hydrogen-bond acceptors (Lipinski definition) is 4. The van der Waals surface area contributed by atoms with E-state index in [0.717, 1.165) is 25.5 Å². The quantitative estimate of drug-likeness (QED) is 0.668. The van der Waals surface area contributed by atoms with E-state index in [4.69, 9.17) is 9.47 Å². The van der Waals surface area contributed by atoms with Crippen LogP contribution in [0.1, 0.15) is 31.7 Å². The summed E-state index contributed by atoms with van der Waals surface area (Å²) in [5.74, 6) is -1.61. The van der Waals surface area contributed by atoms with Gasteiger partial charge in [0.1, 0.15) is 5.75 Å². The van der Waals surface area contributed by atoms with Crippen LogP contribution < -0.4 is 20.1 Å². The smallest absolute Gasteiger partial charge is 0.389 e. The Morgan fingerprint density at radius 1 is 1.37 bits per heavy atom. The molecule has 9 heteroatoms. The average molecular weight is 392 g/mol. The van der Waals surface area contributed by atoms with Crippen LogP contribution in [0.15, 0.2) is 12.1 Å². The van der Waals surface area contributed by atoms with Crippen molar-refractivity contribution in [3.8, 4) is 11.5 Å². The molecule has 1 aromatic rings. The molecular formula is C18H24F4N2O3. The third kappa shape index (κ3) is 6.57. The molecule has 152 valence electrons. The third-order valence-corrected chi connectivity index (χ3v) is 4.27. The van der Waals surface area contributed by atoms with E-state index < -0.39 is 24.3 Å². The fourth-order valence-corrected chi connectivity index (χ4v) is 2.91. The summed E-state index contributed by atoms with van der Waals surface area (Å²) in [6.45, 7) is 1.96. The standard InChI is InChI=1S/C18H24F4N2O3/c1-11(8-18(20,21)22)10-27-16-7-15(26-2)12(6-13(16)19)9-24-17(25)14-4-3-5-23-14/h6-7,11,14,23H,3-5,8-10H2,1-2H3,(H,24,25). The first-order valence-corrected chi connectivity index (χ1v) is 8.76. The molecule has 0 aromatic heterocycles. The first-order valence-electron chi connectivity index (χ1n) is 8.76. The number of carbonyl (C=O) groups excluding carboxylic acids is 1. The molecule has 2 atom stereocenters. The highest BCUT2D eigenvalue weighted by molar-refractivity contribution is 5.82. The topological polar surface area (TPSA) is 59.6 Å². The summed E-state index contributed by atoms with van der Waals surface area (Å²) in [5.41, 5.74) is 0.414. The third-order valence-electron chi connectivity index (χ3n) is 4.27. The summed E-state index contributed by atoms with van der Waals surface area (Å²) in [7, 11) is 1.38. The van der Waals surface area contributed by atoms with E-state index in [0.29, 0.717) is 5.56 Å². The van der Waals surface area contributed by atoms with Crippen LogP contribution in [0, 0.1) is 11.7 Å². The molecule has 27 heavy (non-hydrogen) atoms. The lowest BCUT2D eigenvalue weighted by atomic mass is 10.1. The molecule has 1 saturated heterocycles. The molecule has 2 rings (SSSR count). The zero-order valence-corrected chi connectivity index (χ0v) is 15.3. The molecule has 0 radical (unpaired) electrons. The Morgan fingerprint density at radius 2 is 2.11 bits per heavy atom. The minimum atomic E-state index is -4.30. The largest absolute Gasteiger partial charge is 0.496 e. The number of ether oxygens (including phenoxy) is 2. The SMILES string of the molecule is COc1cc(OCC(C)CC(F)(F)F)c(F)cc1CNC(=O)C1CCCN1. The van der Waals surface area contributed by atoms with Gasteiger partial charge in [0.2, 0.25) is 5.91 Å². The fraction of sp³-hybridized carbons (Fsp3) is 0.611. The molecular weight excluding hydrogens is 368 g/mol. The predicted molar refractivity (Wildman–Crippen MR) is 91.2 cm³/mol. The Morgan fingerprint density at radius 3 is 2.70 bits per heavy atom. The van der Waals surface area contributed by atoms with Gasteiger partial charge >= 0.3 is 6.18 Å². The van der Waals surface area contributed by atoms with Crippen LogP contribution in [0.25, 0.3) is 0 Å². The Kier molecular flexibility index (Phi) is 7.29. The molecule has 0 spiro atoms. The van der Waals surface area contributed by atoms with Crippen LogP contribution in [-0.2, 0) is 11.3 Å². The molecule has 2 unspecified atom stereocenters. The van der Waals surface area contributed by atoms with Gasteiger partial charge in [0.05, 0.1) is 19.8 Å². The van der Waals surface area contributed by atoms with E-state index in [9.17, 15) is 22.4 Å². The second-order valence-electron chi connectivity index (χ2n) is 6.70. The predicted octanol–water partition coefficient (Wildman–Crippen LogP) is 3.17. The highest BCUT2D eigenvalue weighted by Gasteiger charge is 2.30. The summed E-state index contributed by atoms with van der Waals surface area (Å²) in [4.78, 5) is 12.0. The highest BCUT2D eigenvalue weighted by atomic mass is 19.4. The second kappa shape index (κ2) is 9.25. The van der Waals surface area contributed by atoms with Gasteiger partial charge in [-0.15, -0.1) is 0 Å². The minimum absolute atomic E-state index is 0.0713. The fourth-order valence-electron chi connectivity index (χ4n) is 2.91. The lowest BCUT2D eigenvalue weighted by Crippen LogP contribution is -2.40. The lowest BCUT2D eigenvalue weighted by Gasteiger charge is -2.17. The van der Waals surface area contributed by atoms with Gasteiger partial charge in [-0.2, -0.15) is 13.2 Å². The number of methoxy groups -OCH3 is 1. The molecule has 1 aliphatic heterocycles. The normalized spacial score (nSPS) is 18.2. The summed E-state index contributed by atoms with van der Waals surface area (Å²) in [6, 6.07) is 2.19. The summed E-state index contributed by atoms with van der Waals surface area (Å²) >= 11 is 0. The van der Waals surface area contributed by atoms with Crippen molar-refractivity contribution in [1.82, 2.24) is 10.6 Å². The van der Waals surface area contributed by atoms with Crippen molar-refractivity contribution in [1.29, 1.82) is 0 Å². The van der Waals surface area contributed by atoms with Crippen molar-refractivity contribution in [3.05, 3.63) is 23.5 Å². The van der Waals surface area contributed by atoms with Crippen molar-refractivity contribution >= 4 is 5.91 Å². The lowest BCUT2D eigenvalue weighted by molar-refractivity contribution is -0.145. The van der Waals surface area contributed by atoms with E-state index in [2.05, 4.69) is 10.6 Å². The molecule has 1 heterocycles. The van der Waals surface area contributed by atoms with Gasteiger partial charge in [0.25, 0.3) is 0 Å². The average Bonchev–Trinajstić information content (AvgIpc) is 3.11. The summed E-state index contributed by atoms with van der Waals surface area (Å²) < 4.78 is 61.7. The molecule has 2 N–H and O–H groups in total. The Bertz CT molecular complexity index is 646. The Balaban J connectivity index is 1.97. The number of halogens is 4. The zero-order chi connectivity index (χ0) is 20.0. The number of hydrogen-bond donors (Lipinski definition) is 2. The van der Waals surface area contributed by atoms with Gasteiger partial charge < -0.3 is 20.1 Å². The Hall–Kier alpha value is -2.03. The van der Waals surface area contributed by atoms with E-state index in [1.54, 1.807) is 0 Å². The highest BCUT2D eigenvalue weighted by Crippen LogP contribution is 2.30. The first-order chi connectivity index (χ1) is 12.7. The summed E-state index contributed by atoms with van der Waals surface area (Å²) in [6.07, 6.45) is -3.63. The van der Waals surface area contributed by atoms with Crippen LogP contribution in [0.2, 0.25) is 0 Å². The van der Waals surface area contributed by atoms with Crippen molar-refractivity contribution in [2.24, 2.45) is 5.92 Å². The number of nitrogens with one attached hydrogen (secondary N) is 2. The van der Waals surface area contributed by atoms with Crippen molar-refractivity contribution < 1.29 is 31.8 Å². The number of carbonyl (C=O) groups is 1. The molecule has 5 nitrogen and oxygen atoms in total. The zero-order valence-electron chi connectivity index (χ0n) is 15.3. The monoisotopic (exact) mass is 392 g/mol. The number of benzene rings is 1. The molecule has 0 bridgehead atoms. The number of alkyl halides is 3. The minimum Gasteiger partial charge on any atom is -0.496 e. The van der Waals surface area contributed by atoms with Crippen LogP contribution in [-0.4, -0.2) is 38.4 Å². The Labute approximate surface area is 155 Å². The maximum absolute atomic E-state index is 14.3. The molecule has 1 aromatic carbocycles. The van der Waals surface area contributed by atoms with Gasteiger partial charge in [0, 0.05) is 24.6 Å². The molecule has 1 amide bonds. The van der Waals surface area contributed by atoms with Crippen molar-refractivity contribution in [2.45, 2.75) is 44.9 Å². The molecule has 0 saturated carbocycles. The van der Waals surface area contributed by atoms with E-state index >= 15 is 0 Å². The van der Waals surface area contributed by atoms with Crippen molar-refractivity contribution in [3.63, 3.8) is 0 Å². The van der Waals surface area contributed by atoms with Crippen molar-refractivity contribution in [2.75, 3.05) is 20.3 Å². The first kappa shape index (κ1) is 21.3. The summed E-state index contributed by atoms with van der Waals surface area (Å²) in [5, 5.41) is 5.79. The van der Waals surface area contributed by atoms with Gasteiger partial charge in [-0.05, 0) is 31.4 Å². The number of amides is 1. The van der Waals surface area contributed by atoms with E-state index in [-0.39, 0.29) is 36.6 Å². The molecule has 0 aliphatic carbocycles. The van der Waals surface area contributed by atoms with E-state index in [1.165, 1.54) is 20.1 Å². The van der Waals surface area contributed by atoms with Crippen LogP contribution in [0.4, 0.5) is 17.6 Å².